The molecule has 1 fully saturated rings. The Bertz CT molecular complexity index is 434. The molecule has 1 atom stereocenters. The lowest BCUT2D eigenvalue weighted by molar-refractivity contribution is -0.144. The van der Waals surface area contributed by atoms with E-state index in [1.807, 2.05) is 18.2 Å². The van der Waals surface area contributed by atoms with Gasteiger partial charge in [0.15, 0.2) is 0 Å². The molecule has 0 saturated heterocycles. The molecular weight excluding hydrogens is 200 g/mol. The Morgan fingerprint density at radius 1 is 1.31 bits per heavy atom. The van der Waals surface area contributed by atoms with Crippen LogP contribution in [0.15, 0.2) is 24.3 Å². The Morgan fingerprint density at radius 3 is 2.31 bits per heavy atom. The molecule has 0 spiro atoms. The first-order valence-corrected chi connectivity index (χ1v) is 5.60. The number of hydrogen-bond acceptors (Lipinski definition) is 2. The molecule has 1 aliphatic rings. The minimum atomic E-state index is -0.424. The lowest BCUT2D eigenvalue weighted by Crippen LogP contribution is -2.28. The highest BCUT2D eigenvalue weighted by Gasteiger charge is 2.68. The second-order valence-corrected chi connectivity index (χ2v) is 5.27. The van der Waals surface area contributed by atoms with Crippen LogP contribution in [0.5, 0.6) is 0 Å². The summed E-state index contributed by atoms with van der Waals surface area (Å²) in [5, 5.41) is 0. The van der Waals surface area contributed by atoms with Crippen molar-refractivity contribution in [1.29, 1.82) is 0 Å². The molecule has 1 aromatic rings. The summed E-state index contributed by atoms with van der Waals surface area (Å²) in [6, 6.07) is 8.08. The summed E-state index contributed by atoms with van der Waals surface area (Å²) in [4.78, 5) is 12.0. The van der Waals surface area contributed by atoms with Crippen molar-refractivity contribution in [3.8, 4) is 0 Å². The third kappa shape index (κ3) is 1.29. The SMILES string of the molecule is COC(=O)C1(c2ccccc2C)CC1(C)C. The first-order chi connectivity index (χ1) is 7.45. The first-order valence-electron chi connectivity index (χ1n) is 5.60. The Labute approximate surface area is 96.6 Å². The number of ether oxygens (including phenoxy) is 1. The third-order valence-electron chi connectivity index (χ3n) is 3.88. The molecule has 0 amide bonds. The van der Waals surface area contributed by atoms with Gasteiger partial charge in [0, 0.05) is 0 Å². The maximum Gasteiger partial charge on any atom is 0.316 e. The lowest BCUT2D eigenvalue weighted by atomic mass is 9.85. The standard InChI is InChI=1S/C14H18O2/c1-10-7-5-6-8-11(10)14(12(15)16-4)9-13(14,2)3/h5-8H,9H2,1-4H3. The molecule has 2 rings (SSSR count). The molecule has 2 heteroatoms. The number of methoxy groups -OCH3 is 1. The predicted molar refractivity (Wildman–Crippen MR) is 63.3 cm³/mol. The van der Waals surface area contributed by atoms with Crippen LogP contribution in [0, 0.1) is 12.3 Å². The van der Waals surface area contributed by atoms with Crippen LogP contribution in [0.25, 0.3) is 0 Å². The van der Waals surface area contributed by atoms with E-state index in [1.165, 1.54) is 12.7 Å². The van der Waals surface area contributed by atoms with E-state index in [-0.39, 0.29) is 11.4 Å². The summed E-state index contributed by atoms with van der Waals surface area (Å²) in [7, 11) is 1.47. The molecule has 0 radical (unpaired) electrons. The summed E-state index contributed by atoms with van der Waals surface area (Å²) in [6.45, 7) is 6.29. The van der Waals surface area contributed by atoms with Crippen molar-refractivity contribution in [2.45, 2.75) is 32.6 Å². The van der Waals surface area contributed by atoms with Crippen molar-refractivity contribution in [2.24, 2.45) is 5.41 Å². The van der Waals surface area contributed by atoms with Gasteiger partial charge in [-0.1, -0.05) is 38.1 Å². The number of hydrogen-bond donors (Lipinski definition) is 0. The van der Waals surface area contributed by atoms with Crippen LogP contribution in [-0.4, -0.2) is 13.1 Å². The number of carbonyl (C=O) groups is 1. The maximum absolute atomic E-state index is 12.0. The average molecular weight is 218 g/mol. The van der Waals surface area contributed by atoms with Crippen LogP contribution in [0.2, 0.25) is 0 Å². The van der Waals surface area contributed by atoms with Crippen LogP contribution in [0.3, 0.4) is 0 Å². The zero-order valence-corrected chi connectivity index (χ0v) is 10.3. The Balaban J connectivity index is 2.52. The fraction of sp³-hybridized carbons (Fsp3) is 0.500. The summed E-state index contributed by atoms with van der Waals surface area (Å²) in [5.41, 5.74) is 1.87. The van der Waals surface area contributed by atoms with E-state index in [9.17, 15) is 4.79 Å². The number of rotatable bonds is 2. The molecule has 0 bridgehead atoms. The van der Waals surface area contributed by atoms with Crippen molar-refractivity contribution in [3.63, 3.8) is 0 Å². The van der Waals surface area contributed by atoms with Gasteiger partial charge in [-0.15, -0.1) is 0 Å². The zero-order chi connectivity index (χ0) is 12.0. The van der Waals surface area contributed by atoms with Crippen LogP contribution in [0.1, 0.15) is 31.4 Å². The molecule has 1 aliphatic carbocycles. The fourth-order valence-corrected chi connectivity index (χ4v) is 2.76. The molecule has 1 unspecified atom stereocenters. The van der Waals surface area contributed by atoms with Gasteiger partial charge in [0.2, 0.25) is 0 Å². The Morgan fingerprint density at radius 2 is 1.88 bits per heavy atom. The summed E-state index contributed by atoms with van der Waals surface area (Å²) in [5.74, 6) is -0.105. The molecule has 0 aliphatic heterocycles. The maximum atomic E-state index is 12.0. The normalized spacial score (nSPS) is 26.2. The highest BCUT2D eigenvalue weighted by molar-refractivity contribution is 5.89. The molecule has 0 heterocycles. The number of benzene rings is 1. The zero-order valence-electron chi connectivity index (χ0n) is 10.3. The number of aryl methyl sites for hydroxylation is 1. The number of carbonyl (C=O) groups excluding carboxylic acids is 1. The van der Waals surface area contributed by atoms with Crippen molar-refractivity contribution < 1.29 is 9.53 Å². The molecule has 16 heavy (non-hydrogen) atoms. The van der Waals surface area contributed by atoms with Gasteiger partial charge >= 0.3 is 5.97 Å². The summed E-state index contributed by atoms with van der Waals surface area (Å²) >= 11 is 0. The molecule has 1 saturated carbocycles. The summed E-state index contributed by atoms with van der Waals surface area (Å²) < 4.78 is 4.98. The van der Waals surface area contributed by atoms with Crippen molar-refractivity contribution >= 4 is 5.97 Å². The minimum absolute atomic E-state index is 0.00616. The van der Waals surface area contributed by atoms with Gasteiger partial charge in [0.25, 0.3) is 0 Å². The smallest absolute Gasteiger partial charge is 0.316 e. The van der Waals surface area contributed by atoms with E-state index in [1.54, 1.807) is 0 Å². The largest absolute Gasteiger partial charge is 0.468 e. The second kappa shape index (κ2) is 3.34. The molecular formula is C14H18O2. The molecule has 0 aromatic heterocycles. The van der Waals surface area contributed by atoms with E-state index >= 15 is 0 Å². The van der Waals surface area contributed by atoms with E-state index in [4.69, 9.17) is 4.74 Å². The van der Waals surface area contributed by atoms with Gasteiger partial charge in [-0.25, -0.2) is 0 Å². The fourth-order valence-electron chi connectivity index (χ4n) is 2.76. The van der Waals surface area contributed by atoms with E-state index < -0.39 is 5.41 Å². The van der Waals surface area contributed by atoms with Crippen molar-refractivity contribution in [1.82, 2.24) is 0 Å². The predicted octanol–water partition coefficient (Wildman–Crippen LogP) is 2.84. The molecule has 1 aromatic carbocycles. The van der Waals surface area contributed by atoms with Gasteiger partial charge in [0.1, 0.15) is 0 Å². The molecule has 0 N–H and O–H groups in total. The van der Waals surface area contributed by atoms with E-state index in [0.29, 0.717) is 0 Å². The summed E-state index contributed by atoms with van der Waals surface area (Å²) in [6.07, 6.45) is 0.873. The monoisotopic (exact) mass is 218 g/mol. The van der Waals surface area contributed by atoms with Crippen LogP contribution in [0.4, 0.5) is 0 Å². The lowest BCUT2D eigenvalue weighted by Gasteiger charge is -2.20. The topological polar surface area (TPSA) is 26.3 Å². The van der Waals surface area contributed by atoms with E-state index in [0.717, 1.165) is 12.0 Å². The highest BCUT2D eigenvalue weighted by Crippen LogP contribution is 2.65. The highest BCUT2D eigenvalue weighted by atomic mass is 16.5. The van der Waals surface area contributed by atoms with Crippen molar-refractivity contribution in [3.05, 3.63) is 35.4 Å². The minimum Gasteiger partial charge on any atom is -0.468 e. The van der Waals surface area contributed by atoms with Gasteiger partial charge in [-0.3, -0.25) is 4.79 Å². The van der Waals surface area contributed by atoms with E-state index in [2.05, 4.69) is 26.8 Å². The Kier molecular flexibility index (Phi) is 2.33. The number of esters is 1. The first kappa shape index (κ1) is 11.2. The van der Waals surface area contributed by atoms with Gasteiger partial charge < -0.3 is 4.74 Å². The van der Waals surface area contributed by atoms with Crippen LogP contribution in [-0.2, 0) is 14.9 Å². The van der Waals surface area contributed by atoms with Gasteiger partial charge in [-0.05, 0) is 29.9 Å². The van der Waals surface area contributed by atoms with Gasteiger partial charge in [-0.2, -0.15) is 0 Å². The van der Waals surface area contributed by atoms with Crippen LogP contribution >= 0.6 is 0 Å². The average Bonchev–Trinajstić information content (AvgIpc) is 2.82. The third-order valence-corrected chi connectivity index (χ3v) is 3.88. The van der Waals surface area contributed by atoms with Crippen molar-refractivity contribution in [2.75, 3.05) is 7.11 Å². The van der Waals surface area contributed by atoms with Gasteiger partial charge in [0.05, 0.1) is 12.5 Å². The van der Waals surface area contributed by atoms with Crippen LogP contribution < -0.4 is 0 Å². The molecule has 86 valence electrons. The second-order valence-electron chi connectivity index (χ2n) is 5.27. The molecule has 2 nitrogen and oxygen atoms in total. The quantitative estimate of drug-likeness (QED) is 0.713. The Hall–Kier alpha value is -1.31.